The smallest absolute Gasteiger partial charge is 0.303 e. The SMILES string of the molecule is C=C(C)[C@@H]1CC[C@]2(C(=O)N(CCCCCCCN)C(=O)CC(C)(C)CC(=O)O)CC[C@]3(C)[C@H](CCC4[C@@]5(C)CC[C@H](O)C(C)(C)[C@@H]5CC[C@]43C)[C@@H]12. The summed E-state index contributed by atoms with van der Waals surface area (Å²) in [5.41, 5.74) is 5.86. The second kappa shape index (κ2) is 14.5. The summed E-state index contributed by atoms with van der Waals surface area (Å²) >= 11 is 0. The molecule has 0 aliphatic heterocycles. The summed E-state index contributed by atoms with van der Waals surface area (Å²) < 4.78 is 0. The molecule has 0 saturated heterocycles. The van der Waals surface area contributed by atoms with Gasteiger partial charge in [-0.05, 0) is 147 Å². The topological polar surface area (TPSA) is 121 Å². The molecule has 0 bridgehead atoms. The van der Waals surface area contributed by atoms with E-state index in [1.165, 1.54) is 12.0 Å². The van der Waals surface area contributed by atoms with E-state index < -0.39 is 16.8 Å². The number of unbranched alkanes of at least 4 members (excludes halogenated alkanes) is 4. The van der Waals surface area contributed by atoms with Crippen LogP contribution in [0.15, 0.2) is 12.2 Å². The van der Waals surface area contributed by atoms with E-state index in [2.05, 4.69) is 48.1 Å². The quantitative estimate of drug-likeness (QED) is 0.130. The minimum atomic E-state index is -0.921. The highest BCUT2D eigenvalue weighted by molar-refractivity contribution is 5.99. The van der Waals surface area contributed by atoms with Crippen LogP contribution in [0.3, 0.4) is 0 Å². The molecule has 5 aliphatic rings. The highest BCUT2D eigenvalue weighted by Gasteiger charge is 2.72. The van der Waals surface area contributed by atoms with Crippen LogP contribution in [-0.2, 0) is 14.4 Å². The highest BCUT2D eigenvalue weighted by Crippen LogP contribution is 2.77. The average Bonchev–Trinajstić information content (AvgIpc) is 3.43. The van der Waals surface area contributed by atoms with Crippen LogP contribution in [0.25, 0.3) is 0 Å². The van der Waals surface area contributed by atoms with Gasteiger partial charge in [-0.3, -0.25) is 19.3 Å². The number of aliphatic carboxylic acids is 1. The van der Waals surface area contributed by atoms with Crippen LogP contribution in [0.1, 0.15) is 165 Å². The van der Waals surface area contributed by atoms with Crippen LogP contribution in [0.5, 0.6) is 0 Å². The molecule has 0 heterocycles. The van der Waals surface area contributed by atoms with E-state index >= 15 is 4.79 Å². The lowest BCUT2D eigenvalue weighted by molar-refractivity contribution is -0.247. The number of rotatable bonds is 13. The van der Waals surface area contributed by atoms with Gasteiger partial charge in [0.2, 0.25) is 11.8 Å². The number of aliphatic hydroxyl groups is 1. The molecule has 7 heteroatoms. The number of fused-ring (bicyclic) bond motifs is 7. The van der Waals surface area contributed by atoms with Crippen molar-refractivity contribution in [2.45, 2.75) is 171 Å². The summed E-state index contributed by atoms with van der Waals surface area (Å²) in [4.78, 5) is 43.0. The van der Waals surface area contributed by atoms with Crippen molar-refractivity contribution >= 4 is 17.8 Å². The number of nitrogens with zero attached hydrogens (tertiary/aromatic N) is 1. The Morgan fingerprint density at radius 2 is 1.47 bits per heavy atom. The summed E-state index contributed by atoms with van der Waals surface area (Å²) in [5.74, 6) is 0.757. The molecule has 290 valence electrons. The molecule has 5 rings (SSSR count). The molecule has 5 saturated carbocycles. The van der Waals surface area contributed by atoms with E-state index in [4.69, 9.17) is 5.73 Å². The zero-order valence-corrected chi connectivity index (χ0v) is 33.7. The van der Waals surface area contributed by atoms with E-state index in [-0.39, 0.29) is 64.3 Å². The van der Waals surface area contributed by atoms with E-state index in [9.17, 15) is 19.8 Å². The molecule has 0 radical (unpaired) electrons. The second-order valence-corrected chi connectivity index (χ2v) is 20.5. The summed E-state index contributed by atoms with van der Waals surface area (Å²) in [7, 11) is 0. The fraction of sp³-hybridized carbons (Fsp3) is 0.886. The number of carboxylic acids is 1. The third kappa shape index (κ3) is 6.80. The van der Waals surface area contributed by atoms with Crippen LogP contribution in [-0.4, -0.2) is 52.1 Å². The molecule has 0 aromatic carbocycles. The van der Waals surface area contributed by atoms with Crippen LogP contribution in [0.2, 0.25) is 0 Å². The van der Waals surface area contributed by atoms with Crippen molar-refractivity contribution in [3.63, 3.8) is 0 Å². The maximum atomic E-state index is 15.4. The summed E-state index contributed by atoms with van der Waals surface area (Å²) in [5, 5.41) is 20.7. The van der Waals surface area contributed by atoms with Gasteiger partial charge in [0.1, 0.15) is 0 Å². The molecule has 7 nitrogen and oxygen atoms in total. The molecule has 5 aliphatic carbocycles. The first-order chi connectivity index (χ1) is 23.7. The maximum Gasteiger partial charge on any atom is 0.303 e. The number of hydrogen-bond donors (Lipinski definition) is 3. The molecule has 2 amide bonds. The predicted molar refractivity (Wildman–Crippen MR) is 204 cm³/mol. The van der Waals surface area contributed by atoms with E-state index in [1.54, 1.807) is 4.90 Å². The van der Waals surface area contributed by atoms with Crippen molar-refractivity contribution < 1.29 is 24.6 Å². The Morgan fingerprint density at radius 1 is 0.804 bits per heavy atom. The van der Waals surface area contributed by atoms with Gasteiger partial charge >= 0.3 is 5.97 Å². The van der Waals surface area contributed by atoms with E-state index in [0.717, 1.165) is 89.9 Å². The van der Waals surface area contributed by atoms with Crippen molar-refractivity contribution in [2.75, 3.05) is 13.1 Å². The molecule has 4 N–H and O–H groups in total. The minimum absolute atomic E-state index is 0.0161. The van der Waals surface area contributed by atoms with Crippen LogP contribution >= 0.6 is 0 Å². The second-order valence-electron chi connectivity index (χ2n) is 20.5. The molecule has 51 heavy (non-hydrogen) atoms. The lowest BCUT2D eigenvalue weighted by atomic mass is 9.32. The molecule has 1 unspecified atom stereocenters. The third-order valence-corrected chi connectivity index (χ3v) is 16.9. The van der Waals surface area contributed by atoms with E-state index in [0.29, 0.717) is 30.8 Å². The van der Waals surface area contributed by atoms with E-state index in [1.807, 2.05) is 13.8 Å². The van der Waals surface area contributed by atoms with Crippen molar-refractivity contribution in [1.82, 2.24) is 4.90 Å². The maximum absolute atomic E-state index is 15.4. The van der Waals surface area contributed by atoms with Gasteiger partial charge in [0.15, 0.2) is 0 Å². The number of carbonyl (C=O) groups is 3. The van der Waals surface area contributed by atoms with Gasteiger partial charge < -0.3 is 15.9 Å². The molecule has 10 atom stereocenters. The lowest BCUT2D eigenvalue weighted by Crippen LogP contribution is -2.67. The van der Waals surface area contributed by atoms with Gasteiger partial charge in [0.05, 0.1) is 17.9 Å². The zero-order chi connectivity index (χ0) is 37.8. The van der Waals surface area contributed by atoms with Crippen molar-refractivity contribution in [3.8, 4) is 0 Å². The van der Waals surface area contributed by atoms with Crippen LogP contribution < -0.4 is 5.73 Å². The molecule has 0 aromatic heterocycles. The third-order valence-electron chi connectivity index (χ3n) is 16.9. The first kappa shape index (κ1) is 40.5. The predicted octanol–water partition coefficient (Wildman–Crippen LogP) is 9.16. The van der Waals surface area contributed by atoms with Gasteiger partial charge in [0.25, 0.3) is 0 Å². The first-order valence-corrected chi connectivity index (χ1v) is 20.8. The molecule has 5 fully saturated rings. The van der Waals surface area contributed by atoms with Crippen molar-refractivity contribution in [3.05, 3.63) is 12.2 Å². The van der Waals surface area contributed by atoms with Crippen LogP contribution in [0.4, 0.5) is 0 Å². The van der Waals surface area contributed by atoms with Gasteiger partial charge in [-0.2, -0.15) is 0 Å². The van der Waals surface area contributed by atoms with Gasteiger partial charge in [0, 0.05) is 13.0 Å². The average molecular weight is 711 g/mol. The Balaban J connectivity index is 1.48. The number of carbonyl (C=O) groups excluding carboxylic acids is 2. The molecule has 0 aromatic rings. The van der Waals surface area contributed by atoms with Crippen LogP contribution in [0, 0.1) is 62.1 Å². The summed E-state index contributed by atoms with van der Waals surface area (Å²) in [6.45, 7) is 23.8. The molecular formula is C44H74N2O5. The van der Waals surface area contributed by atoms with Crippen molar-refractivity contribution in [2.24, 2.45) is 67.8 Å². The normalized spacial score (nSPS) is 40.0. The number of imide groups is 1. The van der Waals surface area contributed by atoms with Gasteiger partial charge in [-0.25, -0.2) is 0 Å². The Hall–Kier alpha value is -1.73. The Bertz CT molecular complexity index is 1340. The highest BCUT2D eigenvalue weighted by atomic mass is 16.4. The minimum Gasteiger partial charge on any atom is -0.481 e. The molecule has 0 spiro atoms. The Kier molecular flexibility index (Phi) is 11.5. The Labute approximate surface area is 310 Å². The standard InChI is InChI=1S/C44H74N2O5/c1-29(2)30-17-22-44(38(51)46(26-14-12-10-11-13-25-45)35(48)27-39(3,4)28-36(49)50)24-23-42(8)31(37(30)44)15-16-33-41(7)20-19-34(47)40(5,6)32(41)18-21-43(33,42)9/h30-34,37,47H,1,10-28,45H2,2-9H3,(H,49,50)/t30-,31+,32-,33?,34-,37+,41-,42+,43+,44-/m0/s1. The number of carboxylic acid groups (broad SMARTS) is 1. The Morgan fingerprint density at radius 3 is 2.12 bits per heavy atom. The molecular weight excluding hydrogens is 636 g/mol. The monoisotopic (exact) mass is 711 g/mol. The summed E-state index contributed by atoms with van der Waals surface area (Å²) in [6.07, 6.45) is 14.5. The van der Waals surface area contributed by atoms with Gasteiger partial charge in [-0.1, -0.05) is 79.9 Å². The number of allylic oxidation sites excluding steroid dienone is 1. The number of amides is 2. The fourth-order valence-corrected chi connectivity index (χ4v) is 14.0. The fourth-order valence-electron chi connectivity index (χ4n) is 14.0. The number of nitrogens with two attached hydrogens (primary N) is 1. The zero-order valence-electron chi connectivity index (χ0n) is 33.7. The number of hydrogen-bond acceptors (Lipinski definition) is 5. The summed E-state index contributed by atoms with van der Waals surface area (Å²) in [6, 6.07) is 0. The first-order valence-electron chi connectivity index (χ1n) is 20.8. The largest absolute Gasteiger partial charge is 0.481 e. The van der Waals surface area contributed by atoms with Crippen molar-refractivity contribution in [1.29, 1.82) is 0 Å². The van der Waals surface area contributed by atoms with Gasteiger partial charge in [-0.15, -0.1) is 0 Å². The number of aliphatic hydroxyl groups excluding tert-OH is 1. The lowest BCUT2D eigenvalue weighted by Gasteiger charge is -2.72.